The quantitative estimate of drug-likeness (QED) is 0.780. The molecule has 0 aromatic heterocycles. The Kier molecular flexibility index (Phi) is 7.34. The summed E-state index contributed by atoms with van der Waals surface area (Å²) in [4.78, 5) is 14.4. The van der Waals surface area contributed by atoms with E-state index in [0.29, 0.717) is 30.6 Å². The summed E-state index contributed by atoms with van der Waals surface area (Å²) in [5.41, 5.74) is 0. The van der Waals surface area contributed by atoms with Crippen molar-refractivity contribution in [3.05, 3.63) is 24.3 Å². The Morgan fingerprint density at radius 2 is 2.12 bits per heavy atom. The summed E-state index contributed by atoms with van der Waals surface area (Å²) in [5, 5.41) is 2.88. The number of morpholine rings is 1. The summed E-state index contributed by atoms with van der Waals surface area (Å²) in [7, 11) is 1.57. The van der Waals surface area contributed by atoms with Gasteiger partial charge in [0.05, 0.1) is 19.8 Å². The average Bonchev–Trinajstić information content (AvgIpc) is 2.58. The zero-order valence-corrected chi connectivity index (χ0v) is 14.8. The lowest BCUT2D eigenvalue weighted by Gasteiger charge is -2.33. The molecule has 1 aliphatic rings. The van der Waals surface area contributed by atoms with Gasteiger partial charge in [0.25, 0.3) is 5.91 Å². The zero-order valence-electron chi connectivity index (χ0n) is 14.8. The van der Waals surface area contributed by atoms with Gasteiger partial charge >= 0.3 is 0 Å². The van der Waals surface area contributed by atoms with Gasteiger partial charge in [-0.25, -0.2) is 0 Å². The number of nitrogens with one attached hydrogen (secondary N) is 1. The number of benzene rings is 1. The number of carbonyl (C=O) groups is 1. The normalized spacial score (nSPS) is 18.4. The van der Waals surface area contributed by atoms with E-state index >= 15 is 0 Å². The van der Waals surface area contributed by atoms with Gasteiger partial charge in [0.2, 0.25) is 0 Å². The lowest BCUT2D eigenvalue weighted by molar-refractivity contribution is -0.124. The van der Waals surface area contributed by atoms with Crippen molar-refractivity contribution in [3.63, 3.8) is 0 Å². The van der Waals surface area contributed by atoms with Gasteiger partial charge < -0.3 is 19.5 Å². The molecule has 6 heteroatoms. The van der Waals surface area contributed by atoms with E-state index < -0.39 is 0 Å². The van der Waals surface area contributed by atoms with Crippen LogP contribution in [0.5, 0.6) is 11.5 Å². The van der Waals surface area contributed by atoms with Gasteiger partial charge in [0.1, 0.15) is 0 Å². The molecule has 1 aromatic carbocycles. The minimum atomic E-state index is -0.162. The highest BCUT2D eigenvalue weighted by Crippen LogP contribution is 2.25. The first-order chi connectivity index (χ1) is 11.6. The predicted molar refractivity (Wildman–Crippen MR) is 92.5 cm³/mol. The third kappa shape index (κ3) is 6.02. The molecule has 1 unspecified atom stereocenters. The number of para-hydroxylation sites is 2. The summed E-state index contributed by atoms with van der Waals surface area (Å²) in [6, 6.07) is 7.27. The van der Waals surface area contributed by atoms with E-state index in [9.17, 15) is 4.79 Å². The molecule has 0 aliphatic carbocycles. The lowest BCUT2D eigenvalue weighted by Crippen LogP contribution is -2.48. The summed E-state index contributed by atoms with van der Waals surface area (Å²) in [6.45, 7) is 8.47. The fourth-order valence-electron chi connectivity index (χ4n) is 2.75. The molecule has 2 rings (SSSR count). The Labute approximate surface area is 144 Å². The number of amides is 1. The molecule has 134 valence electrons. The molecular weight excluding hydrogens is 308 g/mol. The molecule has 24 heavy (non-hydrogen) atoms. The summed E-state index contributed by atoms with van der Waals surface area (Å²) >= 11 is 0. The van der Waals surface area contributed by atoms with Gasteiger partial charge in [-0.2, -0.15) is 0 Å². The zero-order chi connectivity index (χ0) is 17.4. The summed E-state index contributed by atoms with van der Waals surface area (Å²) in [6.07, 6.45) is 0.0349. The van der Waals surface area contributed by atoms with Crippen LogP contribution in [-0.2, 0) is 9.53 Å². The van der Waals surface area contributed by atoms with Gasteiger partial charge in [-0.05, 0) is 18.1 Å². The highest BCUT2D eigenvalue weighted by Gasteiger charge is 2.21. The largest absolute Gasteiger partial charge is 0.493 e. The van der Waals surface area contributed by atoms with E-state index in [4.69, 9.17) is 14.2 Å². The molecule has 1 atom stereocenters. The minimum absolute atomic E-state index is 0.0349. The number of methoxy groups -OCH3 is 1. The first kappa shape index (κ1) is 18.5. The van der Waals surface area contributed by atoms with Crippen molar-refractivity contribution in [3.8, 4) is 11.5 Å². The molecule has 1 amide bonds. The molecule has 1 aliphatic heterocycles. The van der Waals surface area contributed by atoms with Crippen LogP contribution in [0.3, 0.4) is 0 Å². The fourth-order valence-corrected chi connectivity index (χ4v) is 2.75. The third-order valence-electron chi connectivity index (χ3n) is 3.80. The maximum atomic E-state index is 12.0. The SMILES string of the molecule is COc1ccccc1OCC(=O)NCC1CN(CC(C)C)CCO1. The van der Waals surface area contributed by atoms with Crippen molar-refractivity contribution in [2.24, 2.45) is 5.92 Å². The van der Waals surface area contributed by atoms with Crippen LogP contribution >= 0.6 is 0 Å². The van der Waals surface area contributed by atoms with E-state index in [0.717, 1.165) is 19.6 Å². The summed E-state index contributed by atoms with van der Waals surface area (Å²) < 4.78 is 16.4. The summed E-state index contributed by atoms with van der Waals surface area (Å²) in [5.74, 6) is 1.65. The number of rotatable bonds is 8. The highest BCUT2D eigenvalue weighted by molar-refractivity contribution is 5.77. The topological polar surface area (TPSA) is 60.0 Å². The average molecular weight is 336 g/mol. The van der Waals surface area contributed by atoms with Crippen molar-refractivity contribution < 1.29 is 19.0 Å². The van der Waals surface area contributed by atoms with Crippen LogP contribution in [0.4, 0.5) is 0 Å². The number of ether oxygens (including phenoxy) is 3. The second-order valence-corrected chi connectivity index (χ2v) is 6.39. The van der Waals surface area contributed by atoms with Gasteiger partial charge in [-0.1, -0.05) is 26.0 Å². The maximum absolute atomic E-state index is 12.0. The van der Waals surface area contributed by atoms with Crippen LogP contribution in [0.25, 0.3) is 0 Å². The van der Waals surface area contributed by atoms with Crippen molar-refractivity contribution in [2.75, 3.05) is 46.5 Å². The predicted octanol–water partition coefficient (Wildman–Crippen LogP) is 1.55. The number of hydrogen-bond acceptors (Lipinski definition) is 5. The monoisotopic (exact) mass is 336 g/mol. The molecule has 6 nitrogen and oxygen atoms in total. The third-order valence-corrected chi connectivity index (χ3v) is 3.80. The Morgan fingerprint density at radius 3 is 2.83 bits per heavy atom. The van der Waals surface area contributed by atoms with Gasteiger partial charge in [0.15, 0.2) is 18.1 Å². The number of carbonyl (C=O) groups excluding carboxylic acids is 1. The molecule has 0 spiro atoms. The minimum Gasteiger partial charge on any atom is -0.493 e. The molecule has 1 heterocycles. The lowest BCUT2D eigenvalue weighted by atomic mass is 10.2. The Bertz CT molecular complexity index is 521. The van der Waals surface area contributed by atoms with Crippen LogP contribution in [-0.4, -0.2) is 63.4 Å². The molecule has 0 radical (unpaired) electrons. The smallest absolute Gasteiger partial charge is 0.258 e. The van der Waals surface area contributed by atoms with Crippen molar-refractivity contribution in [1.82, 2.24) is 10.2 Å². The Hall–Kier alpha value is -1.79. The first-order valence-electron chi connectivity index (χ1n) is 8.45. The number of hydrogen-bond donors (Lipinski definition) is 1. The Morgan fingerprint density at radius 1 is 1.38 bits per heavy atom. The fraction of sp³-hybridized carbons (Fsp3) is 0.611. The van der Waals surface area contributed by atoms with Gasteiger partial charge in [-0.15, -0.1) is 0 Å². The van der Waals surface area contributed by atoms with E-state index in [1.165, 1.54) is 0 Å². The van der Waals surface area contributed by atoms with Crippen LogP contribution in [0.1, 0.15) is 13.8 Å². The number of nitrogens with zero attached hydrogens (tertiary/aromatic N) is 1. The van der Waals surface area contributed by atoms with Crippen LogP contribution in [0, 0.1) is 5.92 Å². The second-order valence-electron chi connectivity index (χ2n) is 6.39. The van der Waals surface area contributed by atoms with Gasteiger partial charge in [-0.3, -0.25) is 9.69 Å². The van der Waals surface area contributed by atoms with E-state index in [1.807, 2.05) is 12.1 Å². The Balaban J connectivity index is 1.71. The highest BCUT2D eigenvalue weighted by atomic mass is 16.5. The molecule has 0 bridgehead atoms. The molecule has 1 fully saturated rings. The van der Waals surface area contributed by atoms with Crippen molar-refractivity contribution >= 4 is 5.91 Å². The van der Waals surface area contributed by atoms with E-state index in [1.54, 1.807) is 19.2 Å². The van der Waals surface area contributed by atoms with Crippen LogP contribution < -0.4 is 14.8 Å². The molecule has 0 saturated carbocycles. The molecular formula is C18H28N2O4. The first-order valence-corrected chi connectivity index (χ1v) is 8.45. The molecule has 1 aromatic rings. The standard InChI is InChI=1S/C18H28N2O4/c1-14(2)11-20-8-9-23-15(12-20)10-19-18(21)13-24-17-7-5-4-6-16(17)22-3/h4-7,14-15H,8-13H2,1-3H3,(H,19,21). The van der Waals surface area contributed by atoms with Gasteiger partial charge in [0, 0.05) is 26.2 Å². The maximum Gasteiger partial charge on any atom is 0.258 e. The van der Waals surface area contributed by atoms with Crippen LogP contribution in [0.15, 0.2) is 24.3 Å². The van der Waals surface area contributed by atoms with Crippen LogP contribution in [0.2, 0.25) is 0 Å². The van der Waals surface area contributed by atoms with Crippen molar-refractivity contribution in [1.29, 1.82) is 0 Å². The second kappa shape index (κ2) is 9.49. The van der Waals surface area contributed by atoms with E-state index in [-0.39, 0.29) is 18.6 Å². The van der Waals surface area contributed by atoms with Crippen molar-refractivity contribution in [2.45, 2.75) is 20.0 Å². The van der Waals surface area contributed by atoms with E-state index in [2.05, 4.69) is 24.1 Å². The molecule has 1 N–H and O–H groups in total. The molecule has 1 saturated heterocycles.